The molecule has 1 aliphatic rings. The van der Waals surface area contributed by atoms with Gasteiger partial charge in [0.05, 0.1) is 0 Å². The van der Waals surface area contributed by atoms with Crippen LogP contribution in [-0.4, -0.2) is 36.9 Å². The molecule has 1 saturated heterocycles. The molecule has 0 aromatic heterocycles. The van der Waals surface area contributed by atoms with E-state index in [1.165, 1.54) is 6.07 Å². The average molecular weight is 306 g/mol. The third kappa shape index (κ3) is 4.55. The molecule has 1 aromatic rings. The Kier molecular flexibility index (Phi) is 5.92. The normalized spacial score (nSPS) is 15.6. The molecule has 1 N–H and O–H groups in total. The lowest BCUT2D eigenvalue weighted by Crippen LogP contribution is -2.39. The zero-order chi connectivity index (χ0) is 15.9. The standard InChI is InChI=1S/C17H23FN2O2/c1-19-16(21)12-13-8-10-20(11-9-13)17(22)7-6-14-4-2-3-5-15(14)18/h2-5,13H,6-12H2,1H3,(H,19,21). The van der Waals surface area contributed by atoms with E-state index in [-0.39, 0.29) is 17.6 Å². The van der Waals surface area contributed by atoms with Crippen LogP contribution in [0.1, 0.15) is 31.2 Å². The van der Waals surface area contributed by atoms with Crippen molar-refractivity contribution in [3.05, 3.63) is 35.6 Å². The summed E-state index contributed by atoms with van der Waals surface area (Å²) in [4.78, 5) is 25.4. The third-order valence-electron chi connectivity index (χ3n) is 4.29. The largest absolute Gasteiger partial charge is 0.359 e. The molecule has 1 aliphatic heterocycles. The Balaban J connectivity index is 1.76. The Labute approximate surface area is 130 Å². The minimum atomic E-state index is -0.250. The van der Waals surface area contributed by atoms with Crippen molar-refractivity contribution in [2.45, 2.75) is 32.1 Å². The number of amides is 2. The summed E-state index contributed by atoms with van der Waals surface area (Å²) in [6, 6.07) is 6.58. The van der Waals surface area contributed by atoms with Crippen molar-refractivity contribution in [2.24, 2.45) is 5.92 Å². The van der Waals surface area contributed by atoms with Crippen LogP contribution >= 0.6 is 0 Å². The summed E-state index contributed by atoms with van der Waals surface area (Å²) in [5.41, 5.74) is 0.588. The fourth-order valence-electron chi connectivity index (χ4n) is 2.85. The van der Waals surface area contributed by atoms with Crippen LogP contribution in [0.2, 0.25) is 0 Å². The summed E-state index contributed by atoms with van der Waals surface area (Å²) in [7, 11) is 1.64. The Morgan fingerprint density at radius 1 is 1.27 bits per heavy atom. The van der Waals surface area contributed by atoms with E-state index in [4.69, 9.17) is 0 Å². The first-order valence-electron chi connectivity index (χ1n) is 7.82. The van der Waals surface area contributed by atoms with Crippen molar-refractivity contribution in [1.29, 1.82) is 0 Å². The number of piperidine rings is 1. The zero-order valence-electron chi connectivity index (χ0n) is 13.0. The highest BCUT2D eigenvalue weighted by atomic mass is 19.1. The maximum atomic E-state index is 13.5. The molecule has 1 aromatic carbocycles. The second-order valence-electron chi connectivity index (χ2n) is 5.79. The molecule has 0 aliphatic carbocycles. The number of aryl methyl sites for hydroxylation is 1. The zero-order valence-corrected chi connectivity index (χ0v) is 13.0. The summed E-state index contributed by atoms with van der Waals surface area (Å²) < 4.78 is 13.5. The Morgan fingerprint density at radius 2 is 1.95 bits per heavy atom. The molecular formula is C17H23FN2O2. The smallest absolute Gasteiger partial charge is 0.222 e. The van der Waals surface area contributed by atoms with Gasteiger partial charge in [0.1, 0.15) is 5.82 Å². The highest BCUT2D eigenvalue weighted by Crippen LogP contribution is 2.21. The first-order valence-corrected chi connectivity index (χ1v) is 7.82. The van der Waals surface area contributed by atoms with Gasteiger partial charge in [0.25, 0.3) is 0 Å². The molecule has 0 spiro atoms. The number of hydrogen-bond donors (Lipinski definition) is 1. The summed E-state index contributed by atoms with van der Waals surface area (Å²) >= 11 is 0. The van der Waals surface area contributed by atoms with Crippen LogP contribution in [0.25, 0.3) is 0 Å². The SMILES string of the molecule is CNC(=O)CC1CCN(C(=O)CCc2ccccc2F)CC1. The van der Waals surface area contributed by atoms with E-state index in [0.717, 1.165) is 12.8 Å². The average Bonchev–Trinajstić information content (AvgIpc) is 2.54. The van der Waals surface area contributed by atoms with E-state index < -0.39 is 0 Å². The van der Waals surface area contributed by atoms with Crippen molar-refractivity contribution in [2.75, 3.05) is 20.1 Å². The fourth-order valence-corrected chi connectivity index (χ4v) is 2.85. The highest BCUT2D eigenvalue weighted by molar-refractivity contribution is 5.77. The van der Waals surface area contributed by atoms with E-state index in [2.05, 4.69) is 5.32 Å². The van der Waals surface area contributed by atoms with Crippen molar-refractivity contribution >= 4 is 11.8 Å². The fraction of sp³-hybridized carbons (Fsp3) is 0.529. The molecule has 1 heterocycles. The second-order valence-corrected chi connectivity index (χ2v) is 5.79. The molecule has 0 unspecified atom stereocenters. The van der Waals surface area contributed by atoms with Crippen LogP contribution in [0.4, 0.5) is 4.39 Å². The number of benzene rings is 1. The van der Waals surface area contributed by atoms with Crippen LogP contribution in [0.3, 0.4) is 0 Å². The molecule has 22 heavy (non-hydrogen) atoms. The predicted molar refractivity (Wildman–Crippen MR) is 82.7 cm³/mol. The maximum Gasteiger partial charge on any atom is 0.222 e. The first kappa shape index (κ1) is 16.5. The van der Waals surface area contributed by atoms with Crippen LogP contribution in [0, 0.1) is 11.7 Å². The molecule has 4 nitrogen and oxygen atoms in total. The van der Waals surface area contributed by atoms with Gasteiger partial charge in [-0.1, -0.05) is 18.2 Å². The van der Waals surface area contributed by atoms with Gasteiger partial charge in [-0.3, -0.25) is 9.59 Å². The van der Waals surface area contributed by atoms with Crippen LogP contribution in [0.5, 0.6) is 0 Å². The number of halogens is 1. The number of likely N-dealkylation sites (tertiary alicyclic amines) is 1. The van der Waals surface area contributed by atoms with Gasteiger partial charge < -0.3 is 10.2 Å². The quantitative estimate of drug-likeness (QED) is 0.906. The minimum Gasteiger partial charge on any atom is -0.359 e. The number of carbonyl (C=O) groups excluding carboxylic acids is 2. The van der Waals surface area contributed by atoms with E-state index in [0.29, 0.717) is 43.8 Å². The summed E-state index contributed by atoms with van der Waals surface area (Å²) in [6.07, 6.45) is 3.02. The first-order chi connectivity index (χ1) is 10.6. The van der Waals surface area contributed by atoms with Gasteiger partial charge in [0, 0.05) is 33.0 Å². The molecule has 2 rings (SSSR count). The van der Waals surface area contributed by atoms with Crippen molar-refractivity contribution < 1.29 is 14.0 Å². The summed E-state index contributed by atoms with van der Waals surface area (Å²) in [5.74, 6) is 0.237. The second kappa shape index (κ2) is 7.92. The lowest BCUT2D eigenvalue weighted by atomic mass is 9.93. The Bertz CT molecular complexity index is 525. The number of nitrogens with one attached hydrogen (secondary N) is 1. The monoisotopic (exact) mass is 306 g/mol. The molecule has 0 radical (unpaired) electrons. The topological polar surface area (TPSA) is 49.4 Å². The molecule has 5 heteroatoms. The molecular weight excluding hydrogens is 283 g/mol. The number of carbonyl (C=O) groups is 2. The molecule has 0 bridgehead atoms. The molecule has 0 saturated carbocycles. The maximum absolute atomic E-state index is 13.5. The minimum absolute atomic E-state index is 0.0596. The van der Waals surface area contributed by atoms with E-state index >= 15 is 0 Å². The van der Waals surface area contributed by atoms with Crippen LogP contribution < -0.4 is 5.32 Å². The van der Waals surface area contributed by atoms with Gasteiger partial charge >= 0.3 is 0 Å². The number of hydrogen-bond acceptors (Lipinski definition) is 2. The van der Waals surface area contributed by atoms with Gasteiger partial charge in [0.15, 0.2) is 0 Å². The van der Waals surface area contributed by atoms with Crippen LogP contribution in [-0.2, 0) is 16.0 Å². The van der Waals surface area contributed by atoms with Gasteiger partial charge in [-0.25, -0.2) is 4.39 Å². The lowest BCUT2D eigenvalue weighted by Gasteiger charge is -2.31. The van der Waals surface area contributed by atoms with Crippen LogP contribution in [0.15, 0.2) is 24.3 Å². The van der Waals surface area contributed by atoms with Gasteiger partial charge in [-0.2, -0.15) is 0 Å². The molecule has 120 valence electrons. The van der Waals surface area contributed by atoms with Gasteiger partial charge in [0.2, 0.25) is 11.8 Å². The molecule has 1 fully saturated rings. The van der Waals surface area contributed by atoms with E-state index in [9.17, 15) is 14.0 Å². The highest BCUT2D eigenvalue weighted by Gasteiger charge is 2.24. The van der Waals surface area contributed by atoms with E-state index in [1.807, 2.05) is 4.90 Å². The summed E-state index contributed by atoms with van der Waals surface area (Å²) in [6.45, 7) is 1.38. The number of rotatable bonds is 5. The Morgan fingerprint density at radius 3 is 2.59 bits per heavy atom. The van der Waals surface area contributed by atoms with Crippen molar-refractivity contribution in [3.8, 4) is 0 Å². The summed E-state index contributed by atoms with van der Waals surface area (Å²) in [5, 5.41) is 2.64. The third-order valence-corrected chi connectivity index (χ3v) is 4.29. The van der Waals surface area contributed by atoms with Gasteiger partial charge in [-0.05, 0) is 36.8 Å². The van der Waals surface area contributed by atoms with Gasteiger partial charge in [-0.15, -0.1) is 0 Å². The van der Waals surface area contributed by atoms with Crippen molar-refractivity contribution in [1.82, 2.24) is 10.2 Å². The molecule has 2 amide bonds. The van der Waals surface area contributed by atoms with Crippen molar-refractivity contribution in [3.63, 3.8) is 0 Å². The number of nitrogens with zero attached hydrogens (tertiary/aromatic N) is 1. The molecule has 0 atom stereocenters. The van der Waals surface area contributed by atoms with E-state index in [1.54, 1.807) is 25.2 Å². The Hall–Kier alpha value is -1.91. The lowest BCUT2D eigenvalue weighted by molar-refractivity contribution is -0.132. The predicted octanol–water partition coefficient (Wildman–Crippen LogP) is 2.13.